The Morgan fingerprint density at radius 1 is 0.800 bits per heavy atom. The smallest absolute Gasteiger partial charge is 0.416 e. The van der Waals surface area contributed by atoms with Crippen LogP contribution in [0.1, 0.15) is 57.6 Å². The van der Waals surface area contributed by atoms with E-state index in [2.05, 4.69) is 19.2 Å². The van der Waals surface area contributed by atoms with Gasteiger partial charge in [0, 0.05) is 38.7 Å². The van der Waals surface area contributed by atoms with E-state index in [0.29, 0.717) is 33.5 Å². The highest BCUT2D eigenvalue weighted by atomic mass is 19.4. The maximum atomic E-state index is 14.3. The predicted octanol–water partition coefficient (Wildman–Crippen LogP) is 10.6. The highest BCUT2D eigenvalue weighted by Crippen LogP contribution is 2.58. The Morgan fingerprint density at radius 3 is 2.20 bits per heavy atom. The molecular weight excluding hydrogens is 642 g/mol. The molecule has 0 radical (unpaired) electrons. The molecule has 0 fully saturated rings. The molecule has 1 aliphatic carbocycles. The number of phenolic OH excluding ortho intramolecular Hbond substituents is 1. The lowest BCUT2D eigenvalue weighted by molar-refractivity contribution is -0.137. The Kier molecular flexibility index (Phi) is 6.95. The van der Waals surface area contributed by atoms with Gasteiger partial charge in [-0.3, -0.25) is 4.79 Å². The number of aromatic hydroxyl groups is 1. The summed E-state index contributed by atoms with van der Waals surface area (Å²) in [7, 11) is 0. The van der Waals surface area contributed by atoms with Crippen molar-refractivity contribution in [3.63, 3.8) is 0 Å². The number of rotatable bonds is 4. The van der Waals surface area contributed by atoms with Gasteiger partial charge >= 0.3 is 6.18 Å². The first kappa shape index (κ1) is 31.4. The number of phenols is 1. The van der Waals surface area contributed by atoms with Crippen LogP contribution in [0.15, 0.2) is 121 Å². The van der Waals surface area contributed by atoms with E-state index in [-0.39, 0.29) is 17.0 Å². The zero-order valence-electron chi connectivity index (χ0n) is 26.9. The highest BCUT2D eigenvalue weighted by Gasteiger charge is 2.45. The van der Waals surface area contributed by atoms with Gasteiger partial charge < -0.3 is 15.2 Å². The Labute approximate surface area is 285 Å². The summed E-state index contributed by atoms with van der Waals surface area (Å²) in [5.41, 5.74) is 3.54. The van der Waals surface area contributed by atoms with Gasteiger partial charge in [0.1, 0.15) is 17.3 Å². The van der Waals surface area contributed by atoms with E-state index >= 15 is 0 Å². The fourth-order valence-corrected chi connectivity index (χ4v) is 7.43. The van der Waals surface area contributed by atoms with Crippen molar-refractivity contribution in [2.45, 2.75) is 31.0 Å². The molecule has 1 unspecified atom stereocenters. The van der Waals surface area contributed by atoms with Crippen molar-refractivity contribution < 1.29 is 32.2 Å². The highest BCUT2D eigenvalue weighted by molar-refractivity contribution is 6.10. The van der Waals surface area contributed by atoms with Crippen molar-refractivity contribution in [2.24, 2.45) is 0 Å². The van der Waals surface area contributed by atoms with E-state index in [1.807, 2.05) is 60.7 Å². The standard InChI is InChI=1S/C42H29F4NO3/c1-40(2)35-19-15-29(47-39(49)24-8-16-30(48)17-9-24)23-34(35)36-31-18-12-27(42(44,45)46)22-33(31)38-32(37(36)40)20-21-41(50-38,25-6-4-3-5-7-25)26-10-13-28(43)14-11-26/h3-23,48H,1-2H3,(H,47,49). The summed E-state index contributed by atoms with van der Waals surface area (Å²) in [6, 6.07) is 30.5. The summed E-state index contributed by atoms with van der Waals surface area (Å²) in [6.45, 7) is 4.13. The number of carbonyl (C=O) groups excluding carboxylic acids is 1. The van der Waals surface area contributed by atoms with Crippen molar-refractivity contribution in [3.8, 4) is 22.6 Å². The van der Waals surface area contributed by atoms with Gasteiger partial charge in [-0.1, -0.05) is 74.5 Å². The zero-order valence-corrected chi connectivity index (χ0v) is 26.9. The van der Waals surface area contributed by atoms with Gasteiger partial charge in [0.25, 0.3) is 5.91 Å². The number of anilines is 1. The third-order valence-corrected chi connectivity index (χ3v) is 9.82. The average Bonchev–Trinajstić information content (AvgIpc) is 3.34. The predicted molar refractivity (Wildman–Crippen MR) is 186 cm³/mol. The molecule has 2 N–H and O–H groups in total. The van der Waals surface area contributed by atoms with E-state index in [1.54, 1.807) is 12.1 Å². The molecule has 0 bridgehead atoms. The molecule has 0 aromatic heterocycles. The molecule has 1 amide bonds. The van der Waals surface area contributed by atoms with Crippen molar-refractivity contribution in [3.05, 3.63) is 166 Å². The number of alkyl halides is 3. The van der Waals surface area contributed by atoms with Gasteiger partial charge in [0.05, 0.1) is 5.56 Å². The first-order valence-electron chi connectivity index (χ1n) is 16.0. The summed E-state index contributed by atoms with van der Waals surface area (Å²) in [5.74, 6) is -0.462. The molecule has 8 rings (SSSR count). The summed E-state index contributed by atoms with van der Waals surface area (Å²) in [5, 5.41) is 13.4. The third kappa shape index (κ3) is 4.85. The number of carbonyl (C=O) groups is 1. The van der Waals surface area contributed by atoms with Gasteiger partial charge in [-0.15, -0.1) is 0 Å². The quantitative estimate of drug-likeness (QED) is 0.183. The van der Waals surface area contributed by atoms with Crippen LogP contribution in [-0.2, 0) is 17.2 Å². The number of fused-ring (bicyclic) bond motifs is 8. The molecule has 8 heteroatoms. The number of ether oxygens (including phenoxy) is 1. The van der Waals surface area contributed by atoms with Crippen LogP contribution in [0.25, 0.3) is 28.0 Å². The minimum absolute atomic E-state index is 0.0403. The zero-order chi connectivity index (χ0) is 35.0. The van der Waals surface area contributed by atoms with Crippen LogP contribution in [0.5, 0.6) is 11.5 Å². The lowest BCUT2D eigenvalue weighted by Crippen LogP contribution is -2.35. The van der Waals surface area contributed by atoms with Gasteiger partial charge in [-0.25, -0.2) is 4.39 Å². The van der Waals surface area contributed by atoms with Crippen LogP contribution in [0.3, 0.4) is 0 Å². The first-order valence-corrected chi connectivity index (χ1v) is 16.0. The second-order valence-corrected chi connectivity index (χ2v) is 13.2. The molecule has 2 aliphatic rings. The Hall–Kier alpha value is -5.89. The fourth-order valence-electron chi connectivity index (χ4n) is 7.43. The van der Waals surface area contributed by atoms with E-state index in [0.717, 1.165) is 39.9 Å². The van der Waals surface area contributed by atoms with Crippen molar-refractivity contribution in [1.29, 1.82) is 0 Å². The summed E-state index contributed by atoms with van der Waals surface area (Å²) >= 11 is 0. The summed E-state index contributed by atoms with van der Waals surface area (Å²) < 4.78 is 64.1. The molecule has 0 spiro atoms. The molecular formula is C42H29F4NO3. The molecule has 4 nitrogen and oxygen atoms in total. The maximum Gasteiger partial charge on any atom is 0.416 e. The Balaban J connectivity index is 1.37. The second-order valence-electron chi connectivity index (χ2n) is 13.2. The minimum atomic E-state index is -4.61. The summed E-state index contributed by atoms with van der Waals surface area (Å²) in [4.78, 5) is 13.1. The lowest BCUT2D eigenvalue weighted by Gasteiger charge is -2.38. The number of hydrogen-bond donors (Lipinski definition) is 2. The van der Waals surface area contributed by atoms with Crippen molar-refractivity contribution in [1.82, 2.24) is 0 Å². The molecule has 1 aliphatic heterocycles. The topological polar surface area (TPSA) is 58.6 Å². The molecule has 0 saturated heterocycles. The molecule has 6 aromatic carbocycles. The van der Waals surface area contributed by atoms with Gasteiger partial charge in [-0.05, 0) is 94.4 Å². The lowest BCUT2D eigenvalue weighted by atomic mass is 9.76. The van der Waals surface area contributed by atoms with E-state index < -0.39 is 28.6 Å². The number of amides is 1. The fraction of sp³-hybridized carbons (Fsp3) is 0.119. The molecule has 6 aromatic rings. The molecule has 50 heavy (non-hydrogen) atoms. The molecule has 0 saturated carbocycles. The van der Waals surface area contributed by atoms with E-state index in [1.165, 1.54) is 42.5 Å². The van der Waals surface area contributed by atoms with Crippen LogP contribution in [0.4, 0.5) is 23.2 Å². The summed E-state index contributed by atoms with van der Waals surface area (Å²) in [6.07, 6.45) is -0.810. The average molecular weight is 672 g/mol. The Bertz CT molecular complexity index is 2360. The van der Waals surface area contributed by atoms with E-state index in [9.17, 15) is 27.5 Å². The van der Waals surface area contributed by atoms with Crippen LogP contribution in [-0.4, -0.2) is 11.0 Å². The van der Waals surface area contributed by atoms with Gasteiger partial charge in [-0.2, -0.15) is 13.2 Å². The second kappa shape index (κ2) is 11.1. The third-order valence-electron chi connectivity index (χ3n) is 9.82. The monoisotopic (exact) mass is 671 g/mol. The van der Waals surface area contributed by atoms with Gasteiger partial charge in [0.2, 0.25) is 0 Å². The van der Waals surface area contributed by atoms with Crippen molar-refractivity contribution >= 4 is 28.4 Å². The SMILES string of the molecule is CC1(C)c2ccc(NC(=O)c3ccc(O)cc3)cc2-c2c1c1c(c3cc(C(F)(F)F)ccc23)OC(c2ccccc2)(c2ccc(F)cc2)C=C1. The first-order chi connectivity index (χ1) is 23.9. The van der Waals surface area contributed by atoms with Crippen LogP contribution in [0, 0.1) is 5.82 Å². The number of hydrogen-bond acceptors (Lipinski definition) is 3. The van der Waals surface area contributed by atoms with Crippen LogP contribution in [0.2, 0.25) is 0 Å². The number of nitrogens with one attached hydrogen (secondary N) is 1. The Morgan fingerprint density at radius 2 is 1.50 bits per heavy atom. The maximum absolute atomic E-state index is 14.3. The molecule has 1 atom stereocenters. The number of benzene rings is 6. The largest absolute Gasteiger partial charge is 0.508 e. The number of halogens is 4. The minimum Gasteiger partial charge on any atom is -0.508 e. The molecule has 248 valence electrons. The van der Waals surface area contributed by atoms with Crippen LogP contribution >= 0.6 is 0 Å². The molecule has 1 heterocycles. The van der Waals surface area contributed by atoms with E-state index in [4.69, 9.17) is 4.74 Å². The van der Waals surface area contributed by atoms with Gasteiger partial charge in [0.15, 0.2) is 5.60 Å². The van der Waals surface area contributed by atoms with Crippen LogP contribution < -0.4 is 10.1 Å². The van der Waals surface area contributed by atoms with Crippen molar-refractivity contribution in [2.75, 3.05) is 5.32 Å². The normalized spacial score (nSPS) is 17.1.